The quantitative estimate of drug-likeness (QED) is 0.830. The molecular weight excluding hydrogens is 327 g/mol. The van der Waals surface area contributed by atoms with Crippen LogP contribution in [0, 0.1) is 0 Å². The molecule has 0 bridgehead atoms. The first-order valence-corrected chi connectivity index (χ1v) is 7.68. The summed E-state index contributed by atoms with van der Waals surface area (Å²) in [7, 11) is 0. The van der Waals surface area contributed by atoms with E-state index in [-0.39, 0.29) is 35.6 Å². The topological polar surface area (TPSA) is 69.6 Å². The van der Waals surface area contributed by atoms with Crippen molar-refractivity contribution in [2.24, 2.45) is 0 Å². The zero-order chi connectivity index (χ0) is 16.9. The first-order valence-electron chi connectivity index (χ1n) is 6.93. The number of hydrogen-bond acceptors (Lipinski definition) is 3. The Bertz CT molecular complexity index is 548. The zero-order valence-corrected chi connectivity index (χ0v) is 14.3. The van der Waals surface area contributed by atoms with Crippen molar-refractivity contribution in [3.63, 3.8) is 0 Å². The number of carbonyl (C=O) groups excluding carboxylic acids is 2. The summed E-state index contributed by atoms with van der Waals surface area (Å²) in [5.41, 5.74) is 0.255. The lowest BCUT2D eigenvalue weighted by molar-refractivity contribution is -0.133. The Hall–Kier alpha value is -1.30. The van der Waals surface area contributed by atoms with E-state index in [0.717, 1.165) is 0 Å². The highest BCUT2D eigenvalue weighted by Gasteiger charge is 2.20. The van der Waals surface area contributed by atoms with Gasteiger partial charge in [-0.05, 0) is 39.0 Å². The van der Waals surface area contributed by atoms with Crippen LogP contribution in [-0.2, 0) is 4.79 Å². The van der Waals surface area contributed by atoms with Crippen LogP contribution in [0.25, 0.3) is 0 Å². The molecule has 5 nitrogen and oxygen atoms in total. The van der Waals surface area contributed by atoms with Crippen molar-refractivity contribution < 1.29 is 14.7 Å². The largest absolute Gasteiger partial charge is 0.392 e. The summed E-state index contributed by atoms with van der Waals surface area (Å²) >= 11 is 11.7. The van der Waals surface area contributed by atoms with Crippen LogP contribution in [0.4, 0.5) is 0 Å². The fourth-order valence-corrected chi connectivity index (χ4v) is 2.41. The summed E-state index contributed by atoms with van der Waals surface area (Å²) in [6.07, 6.45) is -0.632. The summed E-state index contributed by atoms with van der Waals surface area (Å²) in [6.45, 7) is 5.35. The molecule has 1 atom stereocenters. The van der Waals surface area contributed by atoms with Crippen LogP contribution in [0.15, 0.2) is 18.2 Å². The van der Waals surface area contributed by atoms with Crippen LogP contribution in [0.1, 0.15) is 31.1 Å². The lowest BCUT2D eigenvalue weighted by Gasteiger charge is -2.28. The van der Waals surface area contributed by atoms with Crippen molar-refractivity contribution in [2.75, 3.05) is 13.1 Å². The van der Waals surface area contributed by atoms with Gasteiger partial charge in [-0.25, -0.2) is 0 Å². The van der Waals surface area contributed by atoms with Gasteiger partial charge < -0.3 is 15.3 Å². The lowest BCUT2D eigenvalue weighted by Crippen LogP contribution is -2.46. The van der Waals surface area contributed by atoms with E-state index < -0.39 is 12.0 Å². The Kier molecular flexibility index (Phi) is 7.13. The smallest absolute Gasteiger partial charge is 0.253 e. The third-order valence-electron chi connectivity index (χ3n) is 2.98. The molecule has 0 aliphatic carbocycles. The van der Waals surface area contributed by atoms with Gasteiger partial charge in [0.1, 0.15) is 0 Å². The van der Waals surface area contributed by atoms with E-state index in [4.69, 9.17) is 23.2 Å². The summed E-state index contributed by atoms with van der Waals surface area (Å²) in [5, 5.41) is 12.6. The lowest BCUT2D eigenvalue weighted by atomic mass is 10.2. The predicted molar refractivity (Wildman–Crippen MR) is 87.3 cm³/mol. The maximum atomic E-state index is 12.1. The van der Waals surface area contributed by atoms with Gasteiger partial charge in [0.05, 0.1) is 23.2 Å². The maximum Gasteiger partial charge on any atom is 0.253 e. The number of amides is 2. The van der Waals surface area contributed by atoms with E-state index in [2.05, 4.69) is 5.32 Å². The van der Waals surface area contributed by atoms with Crippen molar-refractivity contribution in [3.8, 4) is 0 Å². The molecule has 122 valence electrons. The molecule has 1 rings (SSSR count). The second-order valence-corrected chi connectivity index (χ2v) is 6.14. The minimum atomic E-state index is -0.632. The van der Waals surface area contributed by atoms with Gasteiger partial charge in [0.25, 0.3) is 5.91 Å². The van der Waals surface area contributed by atoms with Gasteiger partial charge in [-0.1, -0.05) is 23.2 Å². The molecule has 2 amide bonds. The fraction of sp³-hybridized carbons (Fsp3) is 0.467. The highest BCUT2D eigenvalue weighted by Crippen LogP contribution is 2.20. The molecule has 0 aromatic heterocycles. The Morgan fingerprint density at radius 1 is 1.27 bits per heavy atom. The molecule has 0 spiro atoms. The SMILES string of the molecule is CC(O)CN(C(=O)CNC(=O)c1ccc(Cl)cc1Cl)C(C)C. The van der Waals surface area contributed by atoms with E-state index in [1.165, 1.54) is 17.0 Å². The molecule has 22 heavy (non-hydrogen) atoms. The normalized spacial score (nSPS) is 12.1. The third-order valence-corrected chi connectivity index (χ3v) is 3.53. The van der Waals surface area contributed by atoms with Crippen LogP contribution in [-0.4, -0.2) is 47.1 Å². The number of nitrogens with zero attached hydrogens (tertiary/aromatic N) is 1. The molecular formula is C15H20Cl2N2O3. The van der Waals surface area contributed by atoms with Gasteiger partial charge >= 0.3 is 0 Å². The molecule has 0 aliphatic heterocycles. The van der Waals surface area contributed by atoms with Gasteiger partial charge in [-0.2, -0.15) is 0 Å². The van der Waals surface area contributed by atoms with Crippen molar-refractivity contribution in [3.05, 3.63) is 33.8 Å². The van der Waals surface area contributed by atoms with Gasteiger partial charge in [0, 0.05) is 17.6 Å². The van der Waals surface area contributed by atoms with Crippen molar-refractivity contribution in [1.29, 1.82) is 0 Å². The molecule has 1 aromatic carbocycles. The number of nitrogens with one attached hydrogen (secondary N) is 1. The predicted octanol–water partition coefficient (Wildman–Crippen LogP) is 2.34. The molecule has 0 aliphatic rings. The Labute approximate surface area is 140 Å². The van der Waals surface area contributed by atoms with Crippen LogP contribution in [0.5, 0.6) is 0 Å². The van der Waals surface area contributed by atoms with Crippen LogP contribution in [0.3, 0.4) is 0 Å². The van der Waals surface area contributed by atoms with E-state index >= 15 is 0 Å². The second kappa shape index (κ2) is 8.36. The summed E-state index contributed by atoms with van der Waals surface area (Å²) in [5.74, 6) is -0.717. The molecule has 0 saturated carbocycles. The minimum absolute atomic E-state index is 0.0712. The summed E-state index contributed by atoms with van der Waals surface area (Å²) in [6, 6.07) is 4.45. The molecule has 7 heteroatoms. The average molecular weight is 347 g/mol. The van der Waals surface area contributed by atoms with Crippen molar-refractivity contribution in [1.82, 2.24) is 10.2 Å². The monoisotopic (exact) mass is 346 g/mol. The summed E-state index contributed by atoms with van der Waals surface area (Å²) in [4.78, 5) is 25.7. The molecule has 1 unspecified atom stereocenters. The van der Waals surface area contributed by atoms with E-state index in [1.54, 1.807) is 13.0 Å². The summed E-state index contributed by atoms with van der Waals surface area (Å²) < 4.78 is 0. The van der Waals surface area contributed by atoms with Gasteiger partial charge in [0.15, 0.2) is 0 Å². The fourth-order valence-electron chi connectivity index (χ4n) is 1.91. The van der Waals surface area contributed by atoms with Crippen molar-refractivity contribution >= 4 is 35.0 Å². The Morgan fingerprint density at radius 2 is 1.91 bits per heavy atom. The first-order chi connectivity index (χ1) is 10.2. The first kappa shape index (κ1) is 18.7. The van der Waals surface area contributed by atoms with Crippen molar-refractivity contribution in [2.45, 2.75) is 32.9 Å². The number of rotatable bonds is 6. The van der Waals surface area contributed by atoms with E-state index in [0.29, 0.717) is 5.02 Å². The minimum Gasteiger partial charge on any atom is -0.392 e. The molecule has 0 fully saturated rings. The molecule has 2 N–H and O–H groups in total. The van der Waals surface area contributed by atoms with Gasteiger partial charge in [-0.3, -0.25) is 9.59 Å². The molecule has 0 radical (unpaired) electrons. The number of hydrogen-bond donors (Lipinski definition) is 2. The molecule has 1 aromatic rings. The maximum absolute atomic E-state index is 12.1. The second-order valence-electron chi connectivity index (χ2n) is 5.30. The molecule has 0 heterocycles. The number of halogens is 2. The highest BCUT2D eigenvalue weighted by molar-refractivity contribution is 6.36. The number of benzene rings is 1. The Balaban J connectivity index is 2.67. The number of aliphatic hydroxyl groups excluding tert-OH is 1. The molecule has 0 saturated heterocycles. The van der Waals surface area contributed by atoms with Crippen LogP contribution < -0.4 is 5.32 Å². The highest BCUT2D eigenvalue weighted by atomic mass is 35.5. The van der Waals surface area contributed by atoms with E-state index in [1.807, 2.05) is 13.8 Å². The third kappa shape index (κ3) is 5.48. The van der Waals surface area contributed by atoms with Gasteiger partial charge in [-0.15, -0.1) is 0 Å². The number of carbonyl (C=O) groups is 2. The van der Waals surface area contributed by atoms with Gasteiger partial charge in [0.2, 0.25) is 5.91 Å². The Morgan fingerprint density at radius 3 is 2.41 bits per heavy atom. The zero-order valence-electron chi connectivity index (χ0n) is 12.8. The van der Waals surface area contributed by atoms with Crippen LogP contribution in [0.2, 0.25) is 10.0 Å². The average Bonchev–Trinajstić information content (AvgIpc) is 2.41. The van der Waals surface area contributed by atoms with E-state index in [9.17, 15) is 14.7 Å². The number of aliphatic hydroxyl groups is 1. The standard InChI is InChI=1S/C15H20Cl2N2O3/c1-9(2)19(8-10(3)20)14(21)7-18-15(22)12-5-4-11(16)6-13(12)17/h4-6,9-10,20H,7-8H2,1-3H3,(H,18,22). The van der Waals surface area contributed by atoms with Crippen LogP contribution >= 0.6 is 23.2 Å².